The van der Waals surface area contributed by atoms with Crippen molar-refractivity contribution in [1.29, 1.82) is 0 Å². The van der Waals surface area contributed by atoms with Gasteiger partial charge >= 0.3 is 10.2 Å². The van der Waals surface area contributed by atoms with Gasteiger partial charge in [0, 0.05) is 12.1 Å². The van der Waals surface area contributed by atoms with E-state index in [1.54, 1.807) is 9.47 Å². The highest BCUT2D eigenvalue weighted by Gasteiger charge is 2.39. The number of halogens is 1. The van der Waals surface area contributed by atoms with Crippen LogP contribution >= 0.6 is 0 Å². The molecular weight excluding hydrogens is 525 g/mol. The van der Waals surface area contributed by atoms with Crippen LogP contribution < -0.4 is 21.6 Å². The highest BCUT2D eigenvalue weighted by atomic mass is 32.3. The van der Waals surface area contributed by atoms with Crippen molar-refractivity contribution in [3.63, 3.8) is 0 Å². The molecule has 0 bridgehead atoms. The molecule has 3 aromatic rings. The molecule has 0 radical (unpaired) electrons. The number of hydroxylamine groups is 1. The van der Waals surface area contributed by atoms with Crippen LogP contribution in [0.3, 0.4) is 0 Å². The maximum Gasteiger partial charge on any atom is 0.332 e. The quantitative estimate of drug-likeness (QED) is 0.363. The Morgan fingerprint density at radius 2 is 1.85 bits per heavy atom. The van der Waals surface area contributed by atoms with Gasteiger partial charge in [-0.25, -0.2) is 0 Å². The van der Waals surface area contributed by atoms with E-state index in [2.05, 4.69) is 5.48 Å². The zero-order valence-electron chi connectivity index (χ0n) is 22.1. The topological polar surface area (TPSA) is 137 Å². The monoisotopic (exact) mass is 557 g/mol. The minimum atomic E-state index is -4.91. The maximum atomic E-state index is 13.9. The summed E-state index contributed by atoms with van der Waals surface area (Å²) in [5.41, 5.74) is 9.01. The van der Waals surface area contributed by atoms with Gasteiger partial charge in [0.1, 0.15) is 11.4 Å². The summed E-state index contributed by atoms with van der Waals surface area (Å²) in [5, 5.41) is 0. The van der Waals surface area contributed by atoms with E-state index in [0.29, 0.717) is 30.8 Å². The third-order valence-electron chi connectivity index (χ3n) is 6.68. The van der Waals surface area contributed by atoms with Crippen LogP contribution in [0.15, 0.2) is 64.3 Å². The predicted octanol–water partition coefficient (Wildman–Crippen LogP) is 3.02. The lowest BCUT2D eigenvalue weighted by molar-refractivity contribution is 0.0653. The number of amides is 1. The zero-order valence-corrected chi connectivity index (χ0v) is 22.9. The van der Waals surface area contributed by atoms with Crippen LogP contribution in [0.25, 0.3) is 0 Å². The Kier molecular flexibility index (Phi) is 8.19. The molecule has 2 aromatic carbocycles. The lowest BCUT2D eigenvalue weighted by Gasteiger charge is -2.32. The number of carbonyl (C=O) groups excluding carboxylic acids is 1. The Balaban J connectivity index is 1.84. The molecule has 0 fully saturated rings. The normalized spacial score (nSPS) is 14.9. The number of fused-ring (bicyclic) bond motifs is 1. The second kappa shape index (κ2) is 11.2. The van der Waals surface area contributed by atoms with Crippen molar-refractivity contribution in [2.45, 2.75) is 56.6 Å². The molecule has 1 aromatic heterocycles. The standard InChI is InChI=1S/C27H32FN5O5S/c1-4-21(32(16-8-15-29)25(34)19-11-13-20(14-12-19)39(28,36)37)23-30-24-22(27(2,3)31-38-24)26(35)33(23)17-18-9-6-5-7-10-18/h5-7,9-14,21,31H,4,8,15-17,29H2,1-3H3. The second-order valence-electron chi connectivity index (χ2n) is 9.88. The van der Waals surface area contributed by atoms with Gasteiger partial charge in [-0.05, 0) is 63.1 Å². The molecule has 0 saturated heterocycles. The van der Waals surface area contributed by atoms with Gasteiger partial charge < -0.3 is 15.5 Å². The van der Waals surface area contributed by atoms with Gasteiger partial charge in [-0.1, -0.05) is 37.3 Å². The molecule has 1 aliphatic heterocycles. The fraction of sp³-hybridized carbons (Fsp3) is 0.370. The summed E-state index contributed by atoms with van der Waals surface area (Å²) in [5.74, 6) is 0.0721. The maximum absolute atomic E-state index is 13.9. The number of nitrogens with two attached hydrogens (primary N) is 1. The van der Waals surface area contributed by atoms with Crippen LogP contribution in [0.4, 0.5) is 3.89 Å². The number of carbonyl (C=O) groups is 1. The number of hydrogen-bond donors (Lipinski definition) is 2. The molecule has 0 saturated carbocycles. The number of hydrogen-bond acceptors (Lipinski definition) is 8. The Morgan fingerprint density at radius 3 is 2.44 bits per heavy atom. The molecule has 39 heavy (non-hydrogen) atoms. The number of nitrogens with zero attached hydrogens (tertiary/aromatic N) is 3. The molecule has 4 rings (SSSR count). The van der Waals surface area contributed by atoms with Crippen LogP contribution in [0, 0.1) is 0 Å². The van der Waals surface area contributed by atoms with E-state index < -0.39 is 32.6 Å². The Labute approximate surface area is 226 Å². The molecule has 1 unspecified atom stereocenters. The van der Waals surface area contributed by atoms with Crippen molar-refractivity contribution in [2.75, 3.05) is 13.1 Å². The van der Waals surface area contributed by atoms with E-state index in [1.807, 2.05) is 51.1 Å². The number of rotatable bonds is 10. The van der Waals surface area contributed by atoms with Crippen LogP contribution in [0.2, 0.25) is 0 Å². The van der Waals surface area contributed by atoms with Gasteiger partial charge in [0.2, 0.25) is 5.88 Å². The average Bonchev–Trinajstić information content (AvgIpc) is 3.22. The molecule has 1 aliphatic rings. The summed E-state index contributed by atoms with van der Waals surface area (Å²) in [6, 6.07) is 13.4. The smallest absolute Gasteiger partial charge is 0.332 e. The van der Waals surface area contributed by atoms with Crippen LogP contribution in [-0.4, -0.2) is 41.9 Å². The third kappa shape index (κ3) is 5.87. The summed E-state index contributed by atoms with van der Waals surface area (Å²) in [4.78, 5) is 39.1. The molecule has 12 heteroatoms. The van der Waals surface area contributed by atoms with E-state index in [9.17, 15) is 21.9 Å². The predicted molar refractivity (Wildman–Crippen MR) is 143 cm³/mol. The van der Waals surface area contributed by atoms with Crippen molar-refractivity contribution in [1.82, 2.24) is 19.9 Å². The Hall–Kier alpha value is -3.61. The summed E-state index contributed by atoms with van der Waals surface area (Å²) < 4.78 is 37.5. The van der Waals surface area contributed by atoms with Gasteiger partial charge in [0.05, 0.1) is 23.0 Å². The summed E-state index contributed by atoms with van der Waals surface area (Å²) in [7, 11) is -4.91. The lowest BCUT2D eigenvalue weighted by Crippen LogP contribution is -2.42. The van der Waals surface area contributed by atoms with Crippen molar-refractivity contribution >= 4 is 16.1 Å². The molecular formula is C27H32FN5O5S. The fourth-order valence-corrected chi connectivity index (χ4v) is 5.15. The SMILES string of the molecule is CCC(c1nc2c(c(=O)n1Cc1ccccc1)C(C)(C)NO2)N(CCCN)C(=O)c1ccc(S(=O)(=O)F)cc1. The highest BCUT2D eigenvalue weighted by Crippen LogP contribution is 2.34. The molecule has 1 amide bonds. The van der Waals surface area contributed by atoms with E-state index in [0.717, 1.165) is 17.7 Å². The molecule has 0 spiro atoms. The van der Waals surface area contributed by atoms with Crippen molar-refractivity contribution in [2.24, 2.45) is 5.73 Å². The van der Waals surface area contributed by atoms with E-state index in [1.165, 1.54) is 12.1 Å². The highest BCUT2D eigenvalue weighted by molar-refractivity contribution is 7.86. The van der Waals surface area contributed by atoms with Gasteiger partial charge in [0.15, 0.2) is 0 Å². The Bertz CT molecular complexity index is 1510. The number of nitrogens with one attached hydrogen (secondary N) is 1. The van der Waals surface area contributed by atoms with E-state index >= 15 is 0 Å². The van der Waals surface area contributed by atoms with E-state index in [-0.39, 0.29) is 30.1 Å². The zero-order chi connectivity index (χ0) is 28.4. The van der Waals surface area contributed by atoms with Crippen molar-refractivity contribution in [3.05, 3.63) is 87.5 Å². The van der Waals surface area contributed by atoms with Crippen LogP contribution in [0.5, 0.6) is 5.88 Å². The first-order valence-electron chi connectivity index (χ1n) is 12.7. The van der Waals surface area contributed by atoms with Crippen molar-refractivity contribution < 1.29 is 21.9 Å². The molecule has 2 heterocycles. The first kappa shape index (κ1) is 28.4. The van der Waals surface area contributed by atoms with Gasteiger partial charge in [-0.15, -0.1) is 9.37 Å². The molecule has 1 atom stereocenters. The largest absolute Gasteiger partial charge is 0.387 e. The molecule has 208 valence electrons. The Morgan fingerprint density at radius 1 is 1.18 bits per heavy atom. The van der Waals surface area contributed by atoms with Crippen LogP contribution in [0.1, 0.15) is 67.0 Å². The third-order valence-corrected chi connectivity index (χ3v) is 7.52. The fourth-order valence-electron chi connectivity index (χ4n) is 4.69. The molecule has 3 N–H and O–H groups in total. The van der Waals surface area contributed by atoms with Gasteiger partial charge in [-0.2, -0.15) is 13.4 Å². The minimum Gasteiger partial charge on any atom is -0.387 e. The first-order chi connectivity index (χ1) is 18.5. The summed E-state index contributed by atoms with van der Waals surface area (Å²) >= 11 is 0. The molecule has 0 aliphatic carbocycles. The average molecular weight is 558 g/mol. The van der Waals surface area contributed by atoms with Crippen LogP contribution in [-0.2, 0) is 22.3 Å². The molecule has 10 nitrogen and oxygen atoms in total. The summed E-state index contributed by atoms with van der Waals surface area (Å²) in [6.07, 6.45) is 0.877. The second-order valence-corrected chi connectivity index (χ2v) is 11.2. The first-order valence-corrected chi connectivity index (χ1v) is 14.0. The number of benzene rings is 2. The van der Waals surface area contributed by atoms with Gasteiger partial charge in [0.25, 0.3) is 11.5 Å². The minimum absolute atomic E-state index is 0.159. The van der Waals surface area contributed by atoms with E-state index in [4.69, 9.17) is 15.6 Å². The van der Waals surface area contributed by atoms with Gasteiger partial charge in [-0.3, -0.25) is 14.2 Å². The number of aromatic nitrogens is 2. The van der Waals surface area contributed by atoms with Crippen molar-refractivity contribution in [3.8, 4) is 5.88 Å². The lowest BCUT2D eigenvalue weighted by atomic mass is 9.98. The summed E-state index contributed by atoms with van der Waals surface area (Å²) in [6.45, 7) is 6.31.